The number of Topliss-reactive ketones (excluding diaryl/α,β-unsaturated/α-hetero) is 1. The first-order valence-electron chi connectivity index (χ1n) is 6.86. The van der Waals surface area contributed by atoms with Crippen molar-refractivity contribution in [1.29, 1.82) is 0 Å². The van der Waals surface area contributed by atoms with Crippen molar-refractivity contribution >= 4 is 5.78 Å². The molecule has 0 atom stereocenters. The van der Waals surface area contributed by atoms with Gasteiger partial charge in [-0.25, -0.2) is 4.39 Å². The minimum absolute atomic E-state index is 0.0752. The second-order valence-corrected chi connectivity index (χ2v) is 5.46. The Labute approximate surface area is 112 Å². The number of carbonyl (C=O) groups excluding carboxylic acids is 1. The fourth-order valence-electron chi connectivity index (χ4n) is 3.02. The van der Waals surface area contributed by atoms with Crippen molar-refractivity contribution in [3.8, 4) is 5.75 Å². The Morgan fingerprint density at radius 3 is 2.79 bits per heavy atom. The zero-order valence-corrected chi connectivity index (χ0v) is 11.1. The summed E-state index contributed by atoms with van der Waals surface area (Å²) >= 11 is 0. The van der Waals surface area contributed by atoms with Gasteiger partial charge in [-0.3, -0.25) is 4.79 Å². The van der Waals surface area contributed by atoms with Gasteiger partial charge in [0, 0.05) is 32.0 Å². The molecular weight excluding hydrogens is 245 g/mol. The fraction of sp³-hybridized carbons (Fsp3) is 0.533. The molecular formula is C15H18FNO2. The van der Waals surface area contributed by atoms with Crippen LogP contribution < -0.4 is 4.74 Å². The minimum Gasteiger partial charge on any atom is -0.486 e. The summed E-state index contributed by atoms with van der Waals surface area (Å²) in [7, 11) is 0. The van der Waals surface area contributed by atoms with Crippen molar-refractivity contribution in [1.82, 2.24) is 4.90 Å². The van der Waals surface area contributed by atoms with E-state index in [1.54, 1.807) is 0 Å². The molecule has 0 radical (unpaired) electrons. The van der Waals surface area contributed by atoms with Gasteiger partial charge in [-0.1, -0.05) is 6.92 Å². The predicted molar refractivity (Wildman–Crippen MR) is 70.1 cm³/mol. The molecule has 1 fully saturated rings. The third-order valence-corrected chi connectivity index (χ3v) is 4.27. The number of rotatable bonds is 1. The second-order valence-electron chi connectivity index (χ2n) is 5.46. The molecule has 0 unspecified atom stereocenters. The Hall–Kier alpha value is -1.42. The van der Waals surface area contributed by atoms with Crippen LogP contribution in [0.15, 0.2) is 18.2 Å². The number of ether oxygens (including phenoxy) is 1. The molecule has 102 valence electrons. The van der Waals surface area contributed by atoms with E-state index in [2.05, 4.69) is 11.8 Å². The third kappa shape index (κ3) is 2.25. The molecule has 0 saturated carbocycles. The standard InChI is InChI=1S/C15H18FNO2/c1-2-17-7-5-15(6-8-17)10-13(18)12-4-3-11(16)9-14(12)19-15/h3-4,9H,2,5-8,10H2,1H3. The molecule has 0 aliphatic carbocycles. The average molecular weight is 263 g/mol. The van der Waals surface area contributed by atoms with E-state index in [-0.39, 0.29) is 11.6 Å². The lowest BCUT2D eigenvalue weighted by molar-refractivity contribution is -0.00799. The minimum atomic E-state index is -0.413. The fourth-order valence-corrected chi connectivity index (χ4v) is 3.02. The molecule has 0 N–H and O–H groups in total. The van der Waals surface area contributed by atoms with Gasteiger partial charge in [0.05, 0.1) is 12.0 Å². The predicted octanol–water partition coefficient (Wildman–Crippen LogP) is 2.65. The van der Waals surface area contributed by atoms with Crippen LogP contribution in [0.25, 0.3) is 0 Å². The van der Waals surface area contributed by atoms with Crippen molar-refractivity contribution in [3.63, 3.8) is 0 Å². The van der Waals surface area contributed by atoms with Gasteiger partial charge in [0.1, 0.15) is 17.2 Å². The number of ketones is 1. The van der Waals surface area contributed by atoms with Crippen molar-refractivity contribution in [2.75, 3.05) is 19.6 Å². The highest BCUT2D eigenvalue weighted by Crippen LogP contribution is 2.39. The molecule has 2 aliphatic rings. The molecule has 19 heavy (non-hydrogen) atoms. The number of carbonyl (C=O) groups is 1. The van der Waals surface area contributed by atoms with E-state index in [0.29, 0.717) is 17.7 Å². The Morgan fingerprint density at radius 2 is 2.11 bits per heavy atom. The van der Waals surface area contributed by atoms with Gasteiger partial charge < -0.3 is 9.64 Å². The smallest absolute Gasteiger partial charge is 0.170 e. The Balaban J connectivity index is 1.86. The van der Waals surface area contributed by atoms with Gasteiger partial charge in [-0.05, 0) is 18.7 Å². The first-order chi connectivity index (χ1) is 9.12. The topological polar surface area (TPSA) is 29.5 Å². The van der Waals surface area contributed by atoms with Gasteiger partial charge in [-0.15, -0.1) is 0 Å². The van der Waals surface area contributed by atoms with Gasteiger partial charge in [0.25, 0.3) is 0 Å². The van der Waals surface area contributed by atoms with Crippen molar-refractivity contribution in [3.05, 3.63) is 29.6 Å². The first-order valence-corrected chi connectivity index (χ1v) is 6.86. The normalized spacial score (nSPS) is 22.1. The number of benzene rings is 1. The maximum Gasteiger partial charge on any atom is 0.170 e. The summed E-state index contributed by atoms with van der Waals surface area (Å²) in [4.78, 5) is 14.6. The lowest BCUT2D eigenvalue weighted by Crippen LogP contribution is -2.50. The summed E-state index contributed by atoms with van der Waals surface area (Å²) in [6.45, 7) is 5.04. The molecule has 1 aromatic rings. The molecule has 1 saturated heterocycles. The van der Waals surface area contributed by atoms with E-state index < -0.39 is 5.60 Å². The third-order valence-electron chi connectivity index (χ3n) is 4.27. The monoisotopic (exact) mass is 263 g/mol. The van der Waals surface area contributed by atoms with E-state index >= 15 is 0 Å². The molecule has 4 heteroatoms. The highest BCUT2D eigenvalue weighted by Gasteiger charge is 2.42. The summed E-state index contributed by atoms with van der Waals surface area (Å²) in [5, 5.41) is 0. The lowest BCUT2D eigenvalue weighted by atomic mass is 9.82. The van der Waals surface area contributed by atoms with E-state index in [4.69, 9.17) is 4.74 Å². The number of fused-ring (bicyclic) bond motifs is 1. The van der Waals surface area contributed by atoms with Crippen LogP contribution in [-0.2, 0) is 0 Å². The largest absolute Gasteiger partial charge is 0.486 e. The Bertz CT molecular complexity index is 507. The number of nitrogens with zero attached hydrogens (tertiary/aromatic N) is 1. The van der Waals surface area contributed by atoms with Crippen molar-refractivity contribution in [2.45, 2.75) is 31.8 Å². The van der Waals surface area contributed by atoms with Crippen molar-refractivity contribution in [2.24, 2.45) is 0 Å². The summed E-state index contributed by atoms with van der Waals surface area (Å²) in [5.41, 5.74) is 0.105. The summed E-state index contributed by atoms with van der Waals surface area (Å²) in [6, 6.07) is 4.18. The quantitative estimate of drug-likeness (QED) is 0.780. The van der Waals surface area contributed by atoms with E-state index in [0.717, 1.165) is 32.5 Å². The molecule has 3 rings (SSSR count). The molecule has 2 aliphatic heterocycles. The van der Waals surface area contributed by atoms with Crippen LogP contribution in [-0.4, -0.2) is 35.9 Å². The second kappa shape index (κ2) is 4.60. The van der Waals surface area contributed by atoms with Crippen molar-refractivity contribution < 1.29 is 13.9 Å². The number of hydrogen-bond acceptors (Lipinski definition) is 3. The van der Waals surface area contributed by atoms with Gasteiger partial charge in [0.2, 0.25) is 0 Å². The Kier molecular flexibility index (Phi) is 3.05. The Morgan fingerprint density at radius 1 is 1.37 bits per heavy atom. The van der Waals surface area contributed by atoms with Crippen LogP contribution in [0.4, 0.5) is 4.39 Å². The lowest BCUT2D eigenvalue weighted by Gasteiger charge is -2.43. The molecule has 1 aromatic carbocycles. The van der Waals surface area contributed by atoms with E-state index in [1.165, 1.54) is 18.2 Å². The molecule has 0 bridgehead atoms. The molecule has 2 heterocycles. The molecule has 3 nitrogen and oxygen atoms in total. The van der Waals surface area contributed by atoms with Crippen LogP contribution in [0.5, 0.6) is 5.75 Å². The molecule has 1 spiro atoms. The number of piperidine rings is 1. The highest BCUT2D eigenvalue weighted by atomic mass is 19.1. The number of hydrogen-bond donors (Lipinski definition) is 0. The summed E-state index contributed by atoms with van der Waals surface area (Å²) in [6.07, 6.45) is 2.09. The highest BCUT2D eigenvalue weighted by molar-refractivity contribution is 6.00. The van der Waals surface area contributed by atoms with Gasteiger partial charge >= 0.3 is 0 Å². The SMILES string of the molecule is CCN1CCC2(CC1)CC(=O)c1ccc(F)cc1O2. The van der Waals surface area contributed by atoms with E-state index in [9.17, 15) is 9.18 Å². The van der Waals surface area contributed by atoms with Crippen LogP contribution in [0.3, 0.4) is 0 Å². The molecule has 0 amide bonds. The van der Waals surface area contributed by atoms with Gasteiger partial charge in [-0.2, -0.15) is 0 Å². The zero-order valence-electron chi connectivity index (χ0n) is 11.1. The average Bonchev–Trinajstić information content (AvgIpc) is 2.39. The van der Waals surface area contributed by atoms with Crippen LogP contribution in [0, 0.1) is 5.82 Å². The van der Waals surface area contributed by atoms with Crippen LogP contribution >= 0.6 is 0 Å². The van der Waals surface area contributed by atoms with Crippen LogP contribution in [0.2, 0.25) is 0 Å². The number of halogens is 1. The summed E-state index contributed by atoms with van der Waals surface area (Å²) in [5.74, 6) is 0.141. The van der Waals surface area contributed by atoms with Gasteiger partial charge in [0.15, 0.2) is 5.78 Å². The number of likely N-dealkylation sites (tertiary alicyclic amines) is 1. The maximum atomic E-state index is 13.3. The van der Waals surface area contributed by atoms with E-state index in [1.807, 2.05) is 0 Å². The molecule has 0 aromatic heterocycles. The maximum absolute atomic E-state index is 13.3. The zero-order chi connectivity index (χ0) is 13.5. The summed E-state index contributed by atoms with van der Waals surface area (Å²) < 4.78 is 19.3. The van der Waals surface area contributed by atoms with Crippen LogP contribution in [0.1, 0.15) is 36.5 Å². The first kappa shape index (κ1) is 12.6.